The standard InChI is InChI=1S/C28H41N3O4S/c1-35-22-8-10-26-25(18-22)24(11-13-29-26)27(30-34)9-7-20-12-14-31(19-21(20)17-28(32)33)15-16-36-23-5-3-2-4-6-23/h8,10-11,13,18,20-21,23,27,30,34H,2-7,9,12,14-17,19H2,1H3,(H,32,33)/t20-,21+,27?/m1/s1. The number of aliphatic carboxylic acids is 1. The summed E-state index contributed by atoms with van der Waals surface area (Å²) in [6.07, 6.45) is 11.4. The molecule has 0 radical (unpaired) electrons. The van der Waals surface area contributed by atoms with Gasteiger partial charge in [-0.2, -0.15) is 17.2 Å². The van der Waals surface area contributed by atoms with Crippen LogP contribution in [0.1, 0.15) is 69.4 Å². The molecule has 1 aliphatic heterocycles. The summed E-state index contributed by atoms with van der Waals surface area (Å²) in [6.45, 7) is 2.93. The van der Waals surface area contributed by atoms with Crippen molar-refractivity contribution < 1.29 is 19.8 Å². The van der Waals surface area contributed by atoms with Crippen LogP contribution in [-0.2, 0) is 4.79 Å². The summed E-state index contributed by atoms with van der Waals surface area (Å²) < 4.78 is 5.40. The molecule has 2 aliphatic rings. The zero-order valence-corrected chi connectivity index (χ0v) is 22.2. The van der Waals surface area contributed by atoms with Crippen molar-refractivity contribution in [3.8, 4) is 5.75 Å². The minimum Gasteiger partial charge on any atom is -0.497 e. The normalized spacial score (nSPS) is 22.5. The molecule has 1 unspecified atom stereocenters. The molecule has 8 heteroatoms. The van der Waals surface area contributed by atoms with Crippen LogP contribution in [0.4, 0.5) is 0 Å². The predicted molar refractivity (Wildman–Crippen MR) is 145 cm³/mol. The molecule has 2 fully saturated rings. The number of aromatic nitrogens is 1. The molecular weight excluding hydrogens is 474 g/mol. The molecule has 1 saturated carbocycles. The number of ether oxygens (including phenoxy) is 1. The zero-order valence-electron chi connectivity index (χ0n) is 21.4. The quantitative estimate of drug-likeness (QED) is 0.318. The number of carboxylic acids is 1. The summed E-state index contributed by atoms with van der Waals surface area (Å²) in [5.74, 6) is 1.66. The number of likely N-dealkylation sites (tertiary alicyclic amines) is 1. The van der Waals surface area contributed by atoms with E-state index in [0.29, 0.717) is 5.92 Å². The van der Waals surface area contributed by atoms with Crippen LogP contribution in [-0.4, -0.2) is 63.9 Å². The van der Waals surface area contributed by atoms with E-state index in [1.807, 2.05) is 24.3 Å². The van der Waals surface area contributed by atoms with Gasteiger partial charge in [0.25, 0.3) is 0 Å². The molecule has 1 aromatic carbocycles. The number of fused-ring (bicyclic) bond motifs is 1. The second kappa shape index (κ2) is 13.6. The summed E-state index contributed by atoms with van der Waals surface area (Å²) in [5, 5.41) is 21.4. The number of nitrogens with one attached hydrogen (secondary N) is 1. The summed E-state index contributed by atoms with van der Waals surface area (Å²) in [5.41, 5.74) is 4.35. The van der Waals surface area contributed by atoms with Gasteiger partial charge in [0.05, 0.1) is 18.7 Å². The molecule has 4 rings (SSSR count). The highest BCUT2D eigenvalue weighted by atomic mass is 32.2. The summed E-state index contributed by atoms with van der Waals surface area (Å²) in [7, 11) is 1.64. The Hall–Kier alpha value is -1.87. The van der Waals surface area contributed by atoms with Gasteiger partial charge in [-0.1, -0.05) is 19.3 Å². The average molecular weight is 516 g/mol. The SMILES string of the molecule is COc1ccc2nccc(C(CC[C@@H]3CCN(CCSC4CCCCC4)C[C@@H]3CC(=O)O)NO)c2c1. The lowest BCUT2D eigenvalue weighted by molar-refractivity contribution is -0.139. The number of nitrogens with zero attached hydrogens (tertiary/aromatic N) is 2. The molecule has 3 N–H and O–H groups in total. The highest BCUT2D eigenvalue weighted by Crippen LogP contribution is 2.35. The van der Waals surface area contributed by atoms with E-state index in [4.69, 9.17) is 4.74 Å². The van der Waals surface area contributed by atoms with Crippen LogP contribution in [0.25, 0.3) is 10.9 Å². The Morgan fingerprint density at radius 1 is 1.22 bits per heavy atom. The van der Waals surface area contributed by atoms with Crippen molar-refractivity contribution in [2.75, 3.05) is 32.5 Å². The molecule has 7 nitrogen and oxygen atoms in total. The summed E-state index contributed by atoms with van der Waals surface area (Å²) in [6, 6.07) is 7.46. The second-order valence-corrected chi connectivity index (χ2v) is 11.8. The first-order valence-electron chi connectivity index (χ1n) is 13.5. The Kier molecular flexibility index (Phi) is 10.3. The molecule has 36 heavy (non-hydrogen) atoms. The highest BCUT2D eigenvalue weighted by molar-refractivity contribution is 7.99. The minimum absolute atomic E-state index is 0.143. The lowest BCUT2D eigenvalue weighted by Gasteiger charge is -2.39. The van der Waals surface area contributed by atoms with Crippen LogP contribution in [0, 0.1) is 11.8 Å². The average Bonchev–Trinajstić information content (AvgIpc) is 2.90. The van der Waals surface area contributed by atoms with Crippen molar-refractivity contribution in [3.05, 3.63) is 36.0 Å². The molecule has 0 amide bonds. The van der Waals surface area contributed by atoms with Gasteiger partial charge >= 0.3 is 5.97 Å². The second-order valence-electron chi connectivity index (χ2n) is 10.4. The van der Waals surface area contributed by atoms with E-state index >= 15 is 0 Å². The molecule has 0 bridgehead atoms. The topological polar surface area (TPSA) is 94.9 Å². The Morgan fingerprint density at radius 3 is 2.81 bits per heavy atom. The van der Waals surface area contributed by atoms with Crippen LogP contribution in [0.15, 0.2) is 30.5 Å². The van der Waals surface area contributed by atoms with Gasteiger partial charge in [-0.15, -0.1) is 0 Å². The van der Waals surface area contributed by atoms with Gasteiger partial charge in [0.1, 0.15) is 5.75 Å². The van der Waals surface area contributed by atoms with Gasteiger partial charge in [0.15, 0.2) is 0 Å². The monoisotopic (exact) mass is 515 g/mol. The number of benzene rings is 1. The number of carboxylic acid groups (broad SMARTS) is 1. The molecular formula is C28H41N3O4S. The molecule has 1 saturated heterocycles. The zero-order chi connectivity index (χ0) is 25.3. The van der Waals surface area contributed by atoms with E-state index in [-0.39, 0.29) is 18.4 Å². The minimum atomic E-state index is -0.715. The maximum absolute atomic E-state index is 11.7. The fraction of sp³-hybridized carbons (Fsp3) is 0.643. The number of hydrogen-bond donors (Lipinski definition) is 3. The van der Waals surface area contributed by atoms with E-state index in [1.165, 1.54) is 32.1 Å². The fourth-order valence-corrected chi connectivity index (χ4v) is 7.39. The van der Waals surface area contributed by atoms with Crippen molar-refractivity contribution in [2.24, 2.45) is 11.8 Å². The maximum Gasteiger partial charge on any atom is 0.303 e. The molecule has 1 aromatic heterocycles. The first-order chi connectivity index (χ1) is 17.6. The summed E-state index contributed by atoms with van der Waals surface area (Å²) >= 11 is 2.12. The third-order valence-electron chi connectivity index (χ3n) is 8.07. The van der Waals surface area contributed by atoms with E-state index < -0.39 is 5.97 Å². The highest BCUT2D eigenvalue weighted by Gasteiger charge is 2.31. The number of pyridine rings is 1. The van der Waals surface area contributed by atoms with Crippen LogP contribution < -0.4 is 10.2 Å². The Bertz CT molecular complexity index is 984. The van der Waals surface area contributed by atoms with E-state index in [0.717, 1.165) is 72.1 Å². The van der Waals surface area contributed by atoms with Gasteiger partial charge in [0, 0.05) is 42.1 Å². The van der Waals surface area contributed by atoms with Crippen molar-refractivity contribution in [2.45, 2.75) is 69.1 Å². The van der Waals surface area contributed by atoms with Crippen molar-refractivity contribution in [3.63, 3.8) is 0 Å². The van der Waals surface area contributed by atoms with Crippen LogP contribution >= 0.6 is 11.8 Å². The Labute approximate surface area is 219 Å². The molecule has 3 atom stereocenters. The van der Waals surface area contributed by atoms with Crippen molar-refractivity contribution >= 4 is 28.6 Å². The number of rotatable bonds is 12. The van der Waals surface area contributed by atoms with Gasteiger partial charge in [-0.05, 0) is 80.3 Å². The number of hydroxylamine groups is 1. The van der Waals surface area contributed by atoms with Gasteiger partial charge in [-0.25, -0.2) is 0 Å². The maximum atomic E-state index is 11.7. The lowest BCUT2D eigenvalue weighted by Crippen LogP contribution is -2.42. The van der Waals surface area contributed by atoms with E-state index in [9.17, 15) is 15.1 Å². The first kappa shape index (κ1) is 27.2. The van der Waals surface area contributed by atoms with Gasteiger partial charge in [-0.3, -0.25) is 9.78 Å². The predicted octanol–water partition coefficient (Wildman–Crippen LogP) is 5.52. The summed E-state index contributed by atoms with van der Waals surface area (Å²) in [4.78, 5) is 18.6. The van der Waals surface area contributed by atoms with Crippen LogP contribution in [0.5, 0.6) is 5.75 Å². The third-order valence-corrected chi connectivity index (χ3v) is 9.43. The molecule has 198 valence electrons. The van der Waals surface area contributed by atoms with Crippen molar-refractivity contribution in [1.29, 1.82) is 0 Å². The van der Waals surface area contributed by atoms with Gasteiger partial charge in [0.2, 0.25) is 0 Å². The van der Waals surface area contributed by atoms with Crippen LogP contribution in [0.3, 0.4) is 0 Å². The fourth-order valence-electron chi connectivity index (χ4n) is 6.02. The first-order valence-corrected chi connectivity index (χ1v) is 14.5. The van der Waals surface area contributed by atoms with E-state index in [2.05, 4.69) is 27.1 Å². The van der Waals surface area contributed by atoms with Gasteiger partial charge < -0.3 is 20.0 Å². The third kappa shape index (κ3) is 7.34. The molecule has 1 aliphatic carbocycles. The smallest absolute Gasteiger partial charge is 0.303 e. The molecule has 0 spiro atoms. The Morgan fingerprint density at radius 2 is 2.06 bits per heavy atom. The van der Waals surface area contributed by atoms with E-state index in [1.54, 1.807) is 13.3 Å². The largest absolute Gasteiger partial charge is 0.497 e. The molecule has 2 aromatic rings. The number of piperidine rings is 1. The Balaban J connectivity index is 1.35. The number of methoxy groups -OCH3 is 1. The number of carbonyl (C=O) groups is 1. The van der Waals surface area contributed by atoms with Crippen molar-refractivity contribution in [1.82, 2.24) is 15.4 Å². The molecule has 2 heterocycles. The number of thioether (sulfide) groups is 1. The lowest BCUT2D eigenvalue weighted by atomic mass is 9.79. The van der Waals surface area contributed by atoms with Crippen LogP contribution in [0.2, 0.25) is 0 Å². The number of hydrogen-bond acceptors (Lipinski definition) is 7.